The number of carboxylic acid groups (broad SMARTS) is 1. The van der Waals surface area contributed by atoms with E-state index in [2.05, 4.69) is 19.9 Å². The van der Waals surface area contributed by atoms with Gasteiger partial charge in [0.2, 0.25) is 0 Å². The summed E-state index contributed by atoms with van der Waals surface area (Å²) in [6, 6.07) is 13.7. The van der Waals surface area contributed by atoms with Crippen LogP contribution < -0.4 is 5.56 Å². The molecule has 140 valence electrons. The molecule has 8 nitrogen and oxygen atoms in total. The van der Waals surface area contributed by atoms with Crippen LogP contribution in [0.3, 0.4) is 0 Å². The monoisotopic (exact) mass is 394 g/mol. The average Bonchev–Trinajstić information content (AvgIpc) is 3.09. The molecule has 4 N–H and O–H groups in total. The summed E-state index contributed by atoms with van der Waals surface area (Å²) in [6.45, 7) is 0. The molecule has 0 spiro atoms. The molecule has 0 aliphatic heterocycles. The Hall–Kier alpha value is -3.59. The molecule has 4 aromatic rings. The first-order valence-corrected chi connectivity index (χ1v) is 9.24. The van der Waals surface area contributed by atoms with Crippen LogP contribution in [0.2, 0.25) is 0 Å². The fraction of sp³-hybridized carbons (Fsp3) is 0.0526. The number of fused-ring (bicyclic) bond motifs is 1. The number of phenols is 1. The summed E-state index contributed by atoms with van der Waals surface area (Å²) in [5, 5.41) is 19.7. The summed E-state index contributed by atoms with van der Waals surface area (Å²) in [6.07, 6.45) is 0. The fourth-order valence-corrected chi connectivity index (χ4v) is 3.53. The highest BCUT2D eigenvalue weighted by Crippen LogP contribution is 2.30. The van der Waals surface area contributed by atoms with Gasteiger partial charge in [0.05, 0.1) is 22.5 Å². The van der Waals surface area contributed by atoms with Gasteiger partial charge >= 0.3 is 5.97 Å². The quantitative estimate of drug-likeness (QED) is 0.302. The van der Waals surface area contributed by atoms with Gasteiger partial charge in [0.25, 0.3) is 5.56 Å². The summed E-state index contributed by atoms with van der Waals surface area (Å²) in [5.41, 5.74) is 0.520. The molecule has 0 atom stereocenters. The molecule has 9 heteroatoms. The molecular formula is C19H14N4O4S. The maximum atomic E-state index is 12.3. The van der Waals surface area contributed by atoms with Crippen molar-refractivity contribution in [2.45, 2.75) is 10.9 Å². The minimum atomic E-state index is -1.42. The maximum absolute atomic E-state index is 12.3. The zero-order valence-corrected chi connectivity index (χ0v) is 15.2. The third-order valence-electron chi connectivity index (χ3n) is 4.05. The van der Waals surface area contributed by atoms with Crippen LogP contribution in [-0.4, -0.2) is 36.1 Å². The van der Waals surface area contributed by atoms with Gasteiger partial charge in [-0.1, -0.05) is 36.0 Å². The SMILES string of the molecule is O=C(O)c1c(-c2ccccc2O)nc(SCc2nc3ccccc3[nH]2)[nH]c1=O. The first-order valence-electron chi connectivity index (χ1n) is 8.25. The second-order valence-electron chi connectivity index (χ2n) is 5.91. The van der Waals surface area contributed by atoms with Gasteiger partial charge in [-0.15, -0.1) is 0 Å². The van der Waals surface area contributed by atoms with E-state index in [9.17, 15) is 19.8 Å². The molecular weight excluding hydrogens is 380 g/mol. The number of aromatic nitrogens is 4. The van der Waals surface area contributed by atoms with Crippen LogP contribution in [0.1, 0.15) is 16.2 Å². The molecule has 0 fully saturated rings. The van der Waals surface area contributed by atoms with E-state index in [1.54, 1.807) is 12.1 Å². The third-order valence-corrected chi connectivity index (χ3v) is 4.94. The van der Waals surface area contributed by atoms with E-state index in [4.69, 9.17) is 0 Å². The summed E-state index contributed by atoms with van der Waals surface area (Å²) < 4.78 is 0. The molecule has 0 bridgehead atoms. The highest BCUT2D eigenvalue weighted by atomic mass is 32.2. The van der Waals surface area contributed by atoms with E-state index in [1.807, 2.05) is 24.3 Å². The van der Waals surface area contributed by atoms with Crippen molar-refractivity contribution < 1.29 is 15.0 Å². The van der Waals surface area contributed by atoms with E-state index >= 15 is 0 Å². The number of aromatic hydroxyl groups is 1. The zero-order chi connectivity index (χ0) is 19.7. The topological polar surface area (TPSA) is 132 Å². The minimum absolute atomic E-state index is 0.0820. The Labute approximate surface area is 162 Å². The van der Waals surface area contributed by atoms with Crippen molar-refractivity contribution in [2.24, 2.45) is 0 Å². The van der Waals surface area contributed by atoms with Crippen molar-refractivity contribution in [3.05, 3.63) is 70.3 Å². The lowest BCUT2D eigenvalue weighted by atomic mass is 10.1. The number of nitrogens with zero attached hydrogens (tertiary/aromatic N) is 2. The number of benzene rings is 2. The van der Waals surface area contributed by atoms with E-state index < -0.39 is 17.1 Å². The third kappa shape index (κ3) is 3.35. The number of H-pyrrole nitrogens is 2. The predicted octanol–water partition coefficient (Wildman–Crippen LogP) is 3.01. The maximum Gasteiger partial charge on any atom is 0.343 e. The largest absolute Gasteiger partial charge is 0.507 e. The van der Waals surface area contributed by atoms with Crippen LogP contribution in [0.15, 0.2) is 58.5 Å². The number of rotatable bonds is 5. The van der Waals surface area contributed by atoms with Gasteiger partial charge in [-0.2, -0.15) is 0 Å². The highest BCUT2D eigenvalue weighted by Gasteiger charge is 2.21. The Morgan fingerprint density at radius 1 is 1.04 bits per heavy atom. The number of imidazole rings is 1. The average molecular weight is 394 g/mol. The van der Waals surface area contributed by atoms with Crippen molar-refractivity contribution in [2.75, 3.05) is 0 Å². The lowest BCUT2D eigenvalue weighted by molar-refractivity contribution is 0.0695. The van der Waals surface area contributed by atoms with Crippen molar-refractivity contribution >= 4 is 28.8 Å². The van der Waals surface area contributed by atoms with Crippen molar-refractivity contribution in [3.63, 3.8) is 0 Å². The molecule has 0 amide bonds. The molecule has 0 aliphatic carbocycles. The molecule has 4 rings (SSSR count). The molecule has 0 unspecified atom stereocenters. The zero-order valence-electron chi connectivity index (χ0n) is 14.3. The molecule has 2 aromatic heterocycles. The molecule has 0 radical (unpaired) electrons. The van der Waals surface area contributed by atoms with Crippen LogP contribution in [-0.2, 0) is 5.75 Å². The summed E-state index contributed by atoms with van der Waals surface area (Å²) in [7, 11) is 0. The second-order valence-corrected chi connectivity index (χ2v) is 6.87. The van der Waals surface area contributed by atoms with Gasteiger partial charge in [0.15, 0.2) is 10.7 Å². The smallest absolute Gasteiger partial charge is 0.343 e. The Kier molecular flexibility index (Phi) is 4.58. The Morgan fingerprint density at radius 2 is 1.79 bits per heavy atom. The highest BCUT2D eigenvalue weighted by molar-refractivity contribution is 7.98. The molecule has 0 aliphatic rings. The number of carbonyl (C=O) groups is 1. The Bertz CT molecular complexity index is 1220. The van der Waals surface area contributed by atoms with Gasteiger partial charge in [-0.25, -0.2) is 14.8 Å². The number of hydrogen-bond acceptors (Lipinski definition) is 6. The number of nitrogens with one attached hydrogen (secondary N) is 2. The van der Waals surface area contributed by atoms with Crippen LogP contribution in [0.25, 0.3) is 22.3 Å². The predicted molar refractivity (Wildman–Crippen MR) is 105 cm³/mol. The number of thioether (sulfide) groups is 1. The molecule has 0 saturated heterocycles. The number of para-hydroxylation sites is 3. The van der Waals surface area contributed by atoms with Crippen LogP contribution in [0, 0.1) is 0 Å². The van der Waals surface area contributed by atoms with Gasteiger partial charge in [-0.3, -0.25) is 4.79 Å². The number of hydrogen-bond donors (Lipinski definition) is 4. The summed E-state index contributed by atoms with van der Waals surface area (Å²) in [5.74, 6) is -0.484. The summed E-state index contributed by atoms with van der Waals surface area (Å²) in [4.78, 5) is 38.3. The van der Waals surface area contributed by atoms with Gasteiger partial charge in [0.1, 0.15) is 11.6 Å². The number of aromatic carboxylic acids is 1. The van der Waals surface area contributed by atoms with Gasteiger partial charge < -0.3 is 20.2 Å². The van der Waals surface area contributed by atoms with Crippen LogP contribution >= 0.6 is 11.8 Å². The molecule has 28 heavy (non-hydrogen) atoms. The molecule has 2 heterocycles. The Morgan fingerprint density at radius 3 is 2.54 bits per heavy atom. The van der Waals surface area contributed by atoms with Gasteiger partial charge in [0, 0.05) is 5.56 Å². The molecule has 2 aromatic carbocycles. The van der Waals surface area contributed by atoms with Crippen molar-refractivity contribution in [3.8, 4) is 17.0 Å². The first kappa shape index (κ1) is 17.8. The van der Waals surface area contributed by atoms with Crippen LogP contribution in [0.5, 0.6) is 5.75 Å². The second kappa shape index (κ2) is 7.20. The lowest BCUT2D eigenvalue weighted by Crippen LogP contribution is -2.21. The fourth-order valence-electron chi connectivity index (χ4n) is 2.80. The number of phenolic OH excluding ortho intramolecular Hbond substituents is 1. The number of carboxylic acids is 1. The van der Waals surface area contributed by atoms with E-state index in [1.165, 1.54) is 23.9 Å². The molecule has 0 saturated carbocycles. The van der Waals surface area contributed by atoms with E-state index in [0.717, 1.165) is 11.0 Å². The summed E-state index contributed by atoms with van der Waals surface area (Å²) >= 11 is 1.20. The Balaban J connectivity index is 1.71. The van der Waals surface area contributed by atoms with E-state index in [-0.39, 0.29) is 22.2 Å². The normalized spacial score (nSPS) is 11.0. The first-order chi connectivity index (χ1) is 13.5. The standard InChI is InChI=1S/C19H14N4O4S/c24-13-8-4-1-5-10(13)16-15(18(26)27)17(25)23-19(22-16)28-9-14-20-11-6-2-3-7-12(11)21-14/h1-8,24H,9H2,(H,20,21)(H,26,27)(H,22,23,25). The minimum Gasteiger partial charge on any atom is -0.507 e. The van der Waals surface area contributed by atoms with Crippen molar-refractivity contribution in [1.82, 2.24) is 19.9 Å². The lowest BCUT2D eigenvalue weighted by Gasteiger charge is -2.09. The number of aromatic amines is 2. The van der Waals surface area contributed by atoms with Gasteiger partial charge in [-0.05, 0) is 24.3 Å². The van der Waals surface area contributed by atoms with Crippen molar-refractivity contribution in [1.29, 1.82) is 0 Å². The van der Waals surface area contributed by atoms with E-state index in [0.29, 0.717) is 11.6 Å². The van der Waals surface area contributed by atoms with Crippen LogP contribution in [0.4, 0.5) is 0 Å².